The largest absolute Gasteiger partial charge is 0.318 e. The van der Waals surface area contributed by atoms with Crippen LogP contribution in [0.1, 0.15) is 45.2 Å². The molecule has 1 unspecified atom stereocenters. The third-order valence-electron chi connectivity index (χ3n) is 2.55. The molecule has 0 aliphatic rings. The molecule has 2 N–H and O–H groups in total. The Morgan fingerprint density at radius 2 is 2.19 bits per heavy atom. The maximum Gasteiger partial charge on any atom is 0.154 e. The fourth-order valence-corrected chi connectivity index (χ4v) is 1.44. The number of hydrogen-bond acceptors (Lipinski definition) is 3. The number of rotatable bonds is 4. The molecule has 1 heterocycles. The second-order valence-electron chi connectivity index (χ2n) is 5.45. The minimum Gasteiger partial charge on any atom is -0.318 e. The topological polar surface area (TPSA) is 60.9 Å². The van der Waals surface area contributed by atoms with Gasteiger partial charge in [0.1, 0.15) is 0 Å². The molecule has 0 spiro atoms. The Morgan fingerprint density at radius 1 is 1.56 bits per heavy atom. The molecule has 90 valence electrons. The highest BCUT2D eigenvalue weighted by molar-refractivity contribution is 5.84. The Labute approximate surface area is 96.8 Å². The summed E-state index contributed by atoms with van der Waals surface area (Å²) in [4.78, 5) is 11.8. The van der Waals surface area contributed by atoms with Crippen LogP contribution in [0.4, 0.5) is 0 Å². The summed E-state index contributed by atoms with van der Waals surface area (Å²) in [7, 11) is 1.82. The van der Waals surface area contributed by atoms with Crippen molar-refractivity contribution >= 4 is 5.78 Å². The van der Waals surface area contributed by atoms with Crippen LogP contribution >= 0.6 is 0 Å². The van der Waals surface area contributed by atoms with Gasteiger partial charge >= 0.3 is 0 Å². The van der Waals surface area contributed by atoms with E-state index in [-0.39, 0.29) is 11.2 Å². The summed E-state index contributed by atoms with van der Waals surface area (Å²) in [6.07, 6.45) is 4.83. The predicted molar refractivity (Wildman–Crippen MR) is 63.8 cm³/mol. The van der Waals surface area contributed by atoms with Gasteiger partial charge in [-0.2, -0.15) is 5.10 Å². The average Bonchev–Trinajstić information content (AvgIpc) is 2.59. The molecule has 0 saturated carbocycles. The van der Waals surface area contributed by atoms with Gasteiger partial charge in [0.15, 0.2) is 5.78 Å². The smallest absolute Gasteiger partial charge is 0.154 e. The quantitative estimate of drug-likeness (QED) is 0.847. The van der Waals surface area contributed by atoms with Gasteiger partial charge in [0, 0.05) is 25.2 Å². The lowest BCUT2D eigenvalue weighted by Crippen LogP contribution is -2.22. The number of aromatic nitrogens is 2. The highest BCUT2D eigenvalue weighted by atomic mass is 16.1. The van der Waals surface area contributed by atoms with Gasteiger partial charge in [-0.3, -0.25) is 9.48 Å². The molecule has 0 aliphatic heterocycles. The first-order valence-electron chi connectivity index (χ1n) is 5.56. The average molecular weight is 223 g/mol. The van der Waals surface area contributed by atoms with Crippen molar-refractivity contribution in [1.29, 1.82) is 0 Å². The Hall–Kier alpha value is -1.16. The number of nitrogens with zero attached hydrogens (tertiary/aromatic N) is 2. The zero-order chi connectivity index (χ0) is 12.3. The molecule has 0 fully saturated rings. The van der Waals surface area contributed by atoms with Crippen molar-refractivity contribution in [3.63, 3.8) is 0 Å². The lowest BCUT2D eigenvalue weighted by atomic mass is 9.88. The Morgan fingerprint density at radius 3 is 2.62 bits per heavy atom. The molecule has 1 aromatic heterocycles. The highest BCUT2D eigenvalue weighted by Crippen LogP contribution is 2.23. The van der Waals surface area contributed by atoms with Gasteiger partial charge in [0.2, 0.25) is 0 Å². The molecule has 0 bridgehead atoms. The van der Waals surface area contributed by atoms with Crippen LogP contribution in [-0.2, 0) is 11.8 Å². The molecule has 0 amide bonds. The van der Waals surface area contributed by atoms with Gasteiger partial charge in [-0.1, -0.05) is 20.8 Å². The van der Waals surface area contributed by atoms with Crippen LogP contribution in [0.25, 0.3) is 0 Å². The molecule has 0 saturated heterocycles. The lowest BCUT2D eigenvalue weighted by molar-refractivity contribution is -0.120. The molecule has 1 aromatic rings. The van der Waals surface area contributed by atoms with E-state index < -0.39 is 6.04 Å². The summed E-state index contributed by atoms with van der Waals surface area (Å²) < 4.78 is 1.66. The summed E-state index contributed by atoms with van der Waals surface area (Å²) in [6.45, 7) is 6.36. The first-order valence-corrected chi connectivity index (χ1v) is 5.56. The molecule has 16 heavy (non-hydrogen) atoms. The second kappa shape index (κ2) is 4.78. The molecule has 4 nitrogen and oxygen atoms in total. The number of ketones is 1. The second-order valence-corrected chi connectivity index (χ2v) is 5.45. The molecular formula is C12H21N3O. The maximum atomic E-state index is 11.8. The van der Waals surface area contributed by atoms with E-state index in [4.69, 9.17) is 5.73 Å². The van der Waals surface area contributed by atoms with E-state index in [1.807, 2.05) is 7.05 Å². The van der Waals surface area contributed by atoms with Crippen molar-refractivity contribution in [3.05, 3.63) is 18.0 Å². The van der Waals surface area contributed by atoms with Crippen molar-refractivity contribution in [3.8, 4) is 0 Å². The monoisotopic (exact) mass is 223 g/mol. The Kier molecular flexibility index (Phi) is 3.86. The SMILES string of the molecule is Cn1cc(C(N)C(=O)CCC(C)(C)C)cn1. The van der Waals surface area contributed by atoms with E-state index in [0.29, 0.717) is 6.42 Å². The van der Waals surface area contributed by atoms with Crippen LogP contribution in [0, 0.1) is 5.41 Å². The molecule has 1 atom stereocenters. The number of carbonyl (C=O) groups is 1. The number of carbonyl (C=O) groups excluding carboxylic acids is 1. The van der Waals surface area contributed by atoms with Gasteiger partial charge < -0.3 is 5.73 Å². The normalized spacial score (nSPS) is 13.8. The third-order valence-corrected chi connectivity index (χ3v) is 2.55. The van der Waals surface area contributed by atoms with Crippen molar-refractivity contribution in [2.75, 3.05) is 0 Å². The first kappa shape index (κ1) is 12.9. The van der Waals surface area contributed by atoms with E-state index in [1.54, 1.807) is 17.1 Å². The van der Waals surface area contributed by atoms with Crippen molar-refractivity contribution in [2.24, 2.45) is 18.2 Å². The van der Waals surface area contributed by atoms with Crippen LogP contribution in [0.2, 0.25) is 0 Å². The van der Waals surface area contributed by atoms with Gasteiger partial charge in [-0.15, -0.1) is 0 Å². The Bertz CT molecular complexity index is 363. The van der Waals surface area contributed by atoms with Crippen LogP contribution in [-0.4, -0.2) is 15.6 Å². The van der Waals surface area contributed by atoms with Crippen molar-refractivity contribution in [2.45, 2.75) is 39.7 Å². The number of aryl methyl sites for hydroxylation is 1. The fourth-order valence-electron chi connectivity index (χ4n) is 1.44. The summed E-state index contributed by atoms with van der Waals surface area (Å²) in [5, 5.41) is 4.01. The summed E-state index contributed by atoms with van der Waals surface area (Å²) in [5.41, 5.74) is 6.84. The van der Waals surface area contributed by atoms with Gasteiger partial charge in [0.25, 0.3) is 0 Å². The van der Waals surface area contributed by atoms with Gasteiger partial charge in [-0.25, -0.2) is 0 Å². The number of hydrogen-bond donors (Lipinski definition) is 1. The maximum absolute atomic E-state index is 11.8. The lowest BCUT2D eigenvalue weighted by Gasteiger charge is -2.18. The van der Waals surface area contributed by atoms with E-state index in [9.17, 15) is 4.79 Å². The van der Waals surface area contributed by atoms with Crippen LogP contribution < -0.4 is 5.73 Å². The molecular weight excluding hydrogens is 202 g/mol. The third kappa shape index (κ3) is 3.77. The molecule has 0 aromatic carbocycles. The molecule has 4 heteroatoms. The predicted octanol–water partition coefficient (Wildman–Crippen LogP) is 1.82. The number of nitrogens with two attached hydrogens (primary N) is 1. The van der Waals surface area contributed by atoms with Crippen LogP contribution in [0.15, 0.2) is 12.4 Å². The standard InChI is InChI=1S/C12H21N3O/c1-12(2,3)6-5-10(16)11(13)9-7-14-15(4)8-9/h7-8,11H,5-6,13H2,1-4H3. The Balaban J connectivity index is 2.55. The zero-order valence-electron chi connectivity index (χ0n) is 10.5. The zero-order valence-corrected chi connectivity index (χ0v) is 10.5. The summed E-state index contributed by atoms with van der Waals surface area (Å²) >= 11 is 0. The van der Waals surface area contributed by atoms with Gasteiger partial charge in [-0.05, 0) is 11.8 Å². The summed E-state index contributed by atoms with van der Waals surface area (Å²) in [6, 6.07) is -0.531. The van der Waals surface area contributed by atoms with Crippen molar-refractivity contribution < 1.29 is 4.79 Å². The minimum atomic E-state index is -0.531. The van der Waals surface area contributed by atoms with E-state index in [1.165, 1.54) is 0 Å². The van der Waals surface area contributed by atoms with Crippen LogP contribution in [0.3, 0.4) is 0 Å². The molecule has 0 aliphatic carbocycles. The first-order chi connectivity index (χ1) is 7.29. The molecule has 0 radical (unpaired) electrons. The van der Waals surface area contributed by atoms with Crippen LogP contribution in [0.5, 0.6) is 0 Å². The molecule has 1 rings (SSSR count). The van der Waals surface area contributed by atoms with E-state index in [0.717, 1.165) is 12.0 Å². The fraction of sp³-hybridized carbons (Fsp3) is 0.667. The van der Waals surface area contributed by atoms with Gasteiger partial charge in [0.05, 0.1) is 12.2 Å². The van der Waals surface area contributed by atoms with Crippen molar-refractivity contribution in [1.82, 2.24) is 9.78 Å². The number of Topliss-reactive ketones (excluding diaryl/α,β-unsaturated/α-hetero) is 1. The van der Waals surface area contributed by atoms with E-state index >= 15 is 0 Å². The van der Waals surface area contributed by atoms with E-state index in [2.05, 4.69) is 25.9 Å². The highest BCUT2D eigenvalue weighted by Gasteiger charge is 2.19. The minimum absolute atomic E-state index is 0.0860. The summed E-state index contributed by atoms with van der Waals surface area (Å²) in [5.74, 6) is 0.0860.